The van der Waals surface area contributed by atoms with E-state index < -0.39 is 0 Å². The van der Waals surface area contributed by atoms with E-state index in [4.69, 9.17) is 9.47 Å². The van der Waals surface area contributed by atoms with Crippen LogP contribution in [0.1, 0.15) is 40.5 Å². The molecule has 1 aliphatic heterocycles. The van der Waals surface area contributed by atoms with Crippen LogP contribution in [-0.4, -0.2) is 30.1 Å². The van der Waals surface area contributed by atoms with Crippen molar-refractivity contribution in [1.29, 1.82) is 0 Å². The highest BCUT2D eigenvalue weighted by Gasteiger charge is 2.34. The van der Waals surface area contributed by atoms with E-state index >= 15 is 0 Å². The maximum absolute atomic E-state index is 5.99. The Bertz CT molecular complexity index is 310. The Labute approximate surface area is 97.5 Å². The number of hydrogen-bond donors (Lipinski definition) is 0. The molecular weight excluding hydrogens is 202 g/mol. The fourth-order valence-electron chi connectivity index (χ4n) is 1.75. The van der Waals surface area contributed by atoms with Crippen molar-refractivity contribution in [1.82, 2.24) is 0 Å². The molecule has 0 aromatic carbocycles. The first-order valence-corrected chi connectivity index (χ1v) is 5.99. The van der Waals surface area contributed by atoms with Crippen LogP contribution in [0.15, 0.2) is 16.8 Å². The highest BCUT2D eigenvalue weighted by atomic mass is 16.6. The minimum Gasteiger partial charge on any atom is -0.367 e. The second-order valence-electron chi connectivity index (χ2n) is 5.62. The van der Waals surface area contributed by atoms with Gasteiger partial charge in [0.05, 0.1) is 11.7 Å². The van der Waals surface area contributed by atoms with Crippen molar-refractivity contribution in [2.75, 3.05) is 0 Å². The van der Waals surface area contributed by atoms with Crippen molar-refractivity contribution in [2.45, 2.75) is 64.4 Å². The summed E-state index contributed by atoms with van der Waals surface area (Å²) in [6, 6.07) is 0. The number of aliphatic imine (C=N–C) groups is 1. The van der Waals surface area contributed by atoms with Crippen molar-refractivity contribution in [2.24, 2.45) is 4.99 Å². The van der Waals surface area contributed by atoms with Gasteiger partial charge < -0.3 is 9.47 Å². The van der Waals surface area contributed by atoms with Gasteiger partial charge in [0, 0.05) is 12.4 Å². The molecule has 16 heavy (non-hydrogen) atoms. The minimum atomic E-state index is -0.167. The van der Waals surface area contributed by atoms with E-state index in [1.54, 1.807) is 0 Å². The number of rotatable bonds is 3. The van der Waals surface area contributed by atoms with Crippen LogP contribution < -0.4 is 0 Å². The van der Waals surface area contributed by atoms with Gasteiger partial charge in [-0.05, 0) is 46.1 Å². The third-order valence-electron chi connectivity index (χ3n) is 2.61. The molecule has 0 N–H and O–H groups in total. The fourth-order valence-corrected chi connectivity index (χ4v) is 1.75. The fraction of sp³-hybridized carbons (Fsp3) is 0.769. The Balaban J connectivity index is 2.03. The molecule has 0 radical (unpaired) electrons. The standard InChI is InChI=1S/C13H21NO2/c1-9-7-14-8-11(16-13(2,3)4)12(9)15-10-5-6-10/h7-8,10-12H,5-6H2,1-4H3. The van der Waals surface area contributed by atoms with Crippen LogP contribution in [-0.2, 0) is 9.47 Å². The molecule has 3 heteroatoms. The second kappa shape index (κ2) is 4.30. The lowest BCUT2D eigenvalue weighted by Gasteiger charge is -2.32. The Morgan fingerprint density at radius 3 is 2.56 bits per heavy atom. The van der Waals surface area contributed by atoms with Gasteiger partial charge in [0.25, 0.3) is 0 Å². The van der Waals surface area contributed by atoms with Gasteiger partial charge >= 0.3 is 0 Å². The summed E-state index contributed by atoms with van der Waals surface area (Å²) in [5, 5.41) is 0. The maximum Gasteiger partial charge on any atom is 0.123 e. The van der Waals surface area contributed by atoms with Gasteiger partial charge in [-0.1, -0.05) is 0 Å². The molecular formula is C13H21NO2. The van der Waals surface area contributed by atoms with Crippen LogP contribution in [0.25, 0.3) is 0 Å². The minimum absolute atomic E-state index is 0.0456. The molecule has 0 aromatic heterocycles. The van der Waals surface area contributed by atoms with Crippen LogP contribution in [0, 0.1) is 0 Å². The van der Waals surface area contributed by atoms with Gasteiger partial charge in [0.15, 0.2) is 0 Å². The van der Waals surface area contributed by atoms with Crippen LogP contribution in [0.4, 0.5) is 0 Å². The molecule has 1 aliphatic carbocycles. The average Bonchev–Trinajstić information content (AvgIpc) is 2.92. The van der Waals surface area contributed by atoms with Crippen molar-refractivity contribution in [3.05, 3.63) is 11.8 Å². The summed E-state index contributed by atoms with van der Waals surface area (Å²) in [5.74, 6) is 0. The largest absolute Gasteiger partial charge is 0.367 e. The molecule has 0 spiro atoms. The van der Waals surface area contributed by atoms with Crippen LogP contribution >= 0.6 is 0 Å². The molecule has 2 aliphatic rings. The molecule has 0 saturated heterocycles. The Morgan fingerprint density at radius 2 is 2.00 bits per heavy atom. The van der Waals surface area contributed by atoms with Gasteiger partial charge in [0.2, 0.25) is 0 Å². The van der Waals surface area contributed by atoms with E-state index in [2.05, 4.69) is 32.7 Å². The van der Waals surface area contributed by atoms with E-state index in [0.29, 0.717) is 6.10 Å². The van der Waals surface area contributed by atoms with Gasteiger partial charge in [-0.3, -0.25) is 4.99 Å². The molecule has 2 unspecified atom stereocenters. The highest BCUT2D eigenvalue weighted by Crippen LogP contribution is 2.30. The van der Waals surface area contributed by atoms with Gasteiger partial charge in [0.1, 0.15) is 12.2 Å². The molecule has 0 aromatic rings. The molecule has 1 fully saturated rings. The van der Waals surface area contributed by atoms with E-state index in [0.717, 1.165) is 5.57 Å². The van der Waals surface area contributed by atoms with Crippen molar-refractivity contribution < 1.29 is 9.47 Å². The van der Waals surface area contributed by atoms with E-state index in [1.165, 1.54) is 12.8 Å². The maximum atomic E-state index is 5.99. The third kappa shape index (κ3) is 3.16. The second-order valence-corrected chi connectivity index (χ2v) is 5.62. The molecule has 3 nitrogen and oxygen atoms in total. The Morgan fingerprint density at radius 1 is 1.31 bits per heavy atom. The van der Waals surface area contributed by atoms with Gasteiger partial charge in [-0.15, -0.1) is 0 Å². The first-order chi connectivity index (χ1) is 7.46. The Hall–Kier alpha value is -0.670. The lowest BCUT2D eigenvalue weighted by atomic mass is 10.0. The summed E-state index contributed by atoms with van der Waals surface area (Å²) in [5.41, 5.74) is 0.989. The van der Waals surface area contributed by atoms with Crippen LogP contribution in [0.2, 0.25) is 0 Å². The zero-order chi connectivity index (χ0) is 11.8. The first kappa shape index (κ1) is 11.8. The third-order valence-corrected chi connectivity index (χ3v) is 2.61. The zero-order valence-corrected chi connectivity index (χ0v) is 10.6. The topological polar surface area (TPSA) is 30.8 Å². The van der Waals surface area contributed by atoms with Crippen LogP contribution in [0.5, 0.6) is 0 Å². The summed E-state index contributed by atoms with van der Waals surface area (Å²) in [6.07, 6.45) is 6.52. The van der Waals surface area contributed by atoms with E-state index in [-0.39, 0.29) is 17.8 Å². The van der Waals surface area contributed by atoms with E-state index in [1.807, 2.05) is 12.4 Å². The summed E-state index contributed by atoms with van der Waals surface area (Å²) in [4.78, 5) is 4.21. The number of hydrogen-bond acceptors (Lipinski definition) is 3. The normalized spacial score (nSPS) is 30.4. The number of nitrogens with zero attached hydrogens (tertiary/aromatic N) is 1. The monoisotopic (exact) mass is 223 g/mol. The molecule has 1 saturated carbocycles. The van der Waals surface area contributed by atoms with Crippen molar-refractivity contribution in [3.63, 3.8) is 0 Å². The lowest BCUT2D eigenvalue weighted by molar-refractivity contribution is -0.0911. The molecule has 2 rings (SSSR count). The van der Waals surface area contributed by atoms with Crippen molar-refractivity contribution >= 4 is 6.21 Å². The Kier molecular flexibility index (Phi) is 3.17. The zero-order valence-electron chi connectivity index (χ0n) is 10.6. The summed E-state index contributed by atoms with van der Waals surface area (Å²) in [6.45, 7) is 8.23. The average molecular weight is 223 g/mol. The molecule has 0 bridgehead atoms. The summed E-state index contributed by atoms with van der Waals surface area (Å²) < 4.78 is 12.0. The van der Waals surface area contributed by atoms with Gasteiger partial charge in [-0.2, -0.15) is 0 Å². The van der Waals surface area contributed by atoms with Gasteiger partial charge in [-0.25, -0.2) is 0 Å². The SMILES string of the molecule is CC1=CN=CC(OC(C)(C)C)C1OC1CC1. The molecule has 90 valence electrons. The molecule has 1 heterocycles. The number of ether oxygens (including phenoxy) is 2. The first-order valence-electron chi connectivity index (χ1n) is 5.99. The summed E-state index contributed by atoms with van der Waals surface area (Å²) in [7, 11) is 0. The predicted octanol–water partition coefficient (Wildman–Crippen LogP) is 2.71. The predicted molar refractivity (Wildman–Crippen MR) is 64.8 cm³/mol. The summed E-state index contributed by atoms with van der Waals surface area (Å²) >= 11 is 0. The highest BCUT2D eigenvalue weighted by molar-refractivity contribution is 5.67. The lowest BCUT2D eigenvalue weighted by Crippen LogP contribution is -2.41. The van der Waals surface area contributed by atoms with Crippen LogP contribution in [0.3, 0.4) is 0 Å². The molecule has 2 atom stereocenters. The van der Waals surface area contributed by atoms with Crippen molar-refractivity contribution in [3.8, 4) is 0 Å². The molecule has 0 amide bonds. The smallest absolute Gasteiger partial charge is 0.123 e. The quantitative estimate of drug-likeness (QED) is 0.736. The van der Waals surface area contributed by atoms with E-state index in [9.17, 15) is 0 Å².